The monoisotopic (exact) mass is 345 g/mol. The Morgan fingerprint density at radius 2 is 1.58 bits per heavy atom. The number of rotatable bonds is 7. The molecule has 3 aromatic rings. The predicted octanol–water partition coefficient (Wildman–Crippen LogP) is 5.07. The van der Waals surface area contributed by atoms with Crippen molar-refractivity contribution in [3.8, 4) is 11.1 Å². The molecular formula is C23H23NO2. The van der Waals surface area contributed by atoms with Gasteiger partial charge in [0.15, 0.2) is 0 Å². The van der Waals surface area contributed by atoms with E-state index in [1.165, 1.54) is 16.7 Å². The first kappa shape index (κ1) is 17.7. The third-order valence-electron chi connectivity index (χ3n) is 4.19. The highest BCUT2D eigenvalue weighted by Crippen LogP contribution is 2.24. The van der Waals surface area contributed by atoms with Crippen molar-refractivity contribution in [2.45, 2.75) is 19.9 Å². The first-order valence-electron chi connectivity index (χ1n) is 8.88. The molecule has 0 saturated carbocycles. The molecule has 1 N–H and O–H groups in total. The van der Waals surface area contributed by atoms with Crippen LogP contribution in [-0.4, -0.2) is 12.6 Å². The van der Waals surface area contributed by atoms with Gasteiger partial charge in [0.2, 0.25) is 0 Å². The molecule has 3 heteroatoms. The number of nitrogens with one attached hydrogen (secondary N) is 1. The Morgan fingerprint density at radius 1 is 0.885 bits per heavy atom. The highest BCUT2D eigenvalue weighted by atomic mass is 16.5. The number of carbonyl (C=O) groups is 1. The average Bonchev–Trinajstić information content (AvgIpc) is 2.68. The van der Waals surface area contributed by atoms with Gasteiger partial charge >= 0.3 is 5.97 Å². The Hall–Kier alpha value is -3.07. The fraction of sp³-hybridized carbons (Fsp3) is 0.174. The number of esters is 1. The molecule has 0 radical (unpaired) electrons. The molecule has 0 atom stereocenters. The zero-order chi connectivity index (χ0) is 18.2. The van der Waals surface area contributed by atoms with Crippen molar-refractivity contribution in [1.82, 2.24) is 0 Å². The summed E-state index contributed by atoms with van der Waals surface area (Å²) in [5.41, 5.74) is 5.68. The van der Waals surface area contributed by atoms with Gasteiger partial charge in [-0.3, -0.25) is 4.79 Å². The molecule has 3 nitrogen and oxygen atoms in total. The van der Waals surface area contributed by atoms with Crippen LogP contribution in [0.5, 0.6) is 0 Å². The molecule has 3 rings (SSSR count). The van der Waals surface area contributed by atoms with Crippen molar-refractivity contribution in [3.63, 3.8) is 0 Å². The number of ether oxygens (including phenoxy) is 1. The van der Waals surface area contributed by atoms with Crippen LogP contribution in [0.15, 0.2) is 78.9 Å². The largest absolute Gasteiger partial charge is 0.466 e. The summed E-state index contributed by atoms with van der Waals surface area (Å²) in [6.45, 7) is 2.97. The molecule has 0 heterocycles. The Balaban J connectivity index is 1.66. The molecule has 0 amide bonds. The molecule has 0 saturated heterocycles. The van der Waals surface area contributed by atoms with E-state index in [4.69, 9.17) is 4.74 Å². The summed E-state index contributed by atoms with van der Waals surface area (Å²) in [4.78, 5) is 11.5. The number of anilines is 1. The Morgan fingerprint density at radius 3 is 2.31 bits per heavy atom. The van der Waals surface area contributed by atoms with E-state index in [1.54, 1.807) is 0 Å². The summed E-state index contributed by atoms with van der Waals surface area (Å²) in [7, 11) is 0. The summed E-state index contributed by atoms with van der Waals surface area (Å²) in [6, 6.07) is 26.7. The number of hydrogen-bond donors (Lipinski definition) is 1. The van der Waals surface area contributed by atoms with E-state index in [2.05, 4.69) is 53.8 Å². The standard InChI is InChI=1S/C23H23NO2/c1-2-26-23(25)16-18-12-14-21(15-13-18)24-17-20-10-6-7-11-22(20)19-8-4-3-5-9-19/h3-15,24H,2,16-17H2,1H3. The Bertz CT molecular complexity index is 842. The molecule has 0 aromatic heterocycles. The lowest BCUT2D eigenvalue weighted by molar-refractivity contribution is -0.142. The van der Waals surface area contributed by atoms with E-state index >= 15 is 0 Å². The minimum absolute atomic E-state index is 0.190. The van der Waals surface area contributed by atoms with Gasteiger partial charge in [-0.2, -0.15) is 0 Å². The van der Waals surface area contributed by atoms with Crippen molar-refractivity contribution in [3.05, 3.63) is 90.0 Å². The van der Waals surface area contributed by atoms with Crippen LogP contribution >= 0.6 is 0 Å². The van der Waals surface area contributed by atoms with Crippen LogP contribution in [0, 0.1) is 0 Å². The van der Waals surface area contributed by atoms with Crippen LogP contribution < -0.4 is 5.32 Å². The highest BCUT2D eigenvalue weighted by molar-refractivity contribution is 5.72. The summed E-state index contributed by atoms with van der Waals surface area (Å²) < 4.78 is 4.98. The molecule has 0 aliphatic heterocycles. The minimum atomic E-state index is -0.190. The first-order chi connectivity index (χ1) is 12.8. The van der Waals surface area contributed by atoms with Crippen molar-refractivity contribution in [2.75, 3.05) is 11.9 Å². The average molecular weight is 345 g/mol. The molecule has 0 fully saturated rings. The van der Waals surface area contributed by atoms with Gasteiger partial charge in [0.1, 0.15) is 0 Å². The third kappa shape index (κ3) is 4.73. The van der Waals surface area contributed by atoms with Crippen LogP contribution in [0.3, 0.4) is 0 Å². The van der Waals surface area contributed by atoms with E-state index in [0.29, 0.717) is 13.0 Å². The summed E-state index contributed by atoms with van der Waals surface area (Å²) in [5, 5.41) is 3.46. The molecule has 0 aliphatic carbocycles. The van der Waals surface area contributed by atoms with Crippen molar-refractivity contribution in [1.29, 1.82) is 0 Å². The van der Waals surface area contributed by atoms with E-state index in [-0.39, 0.29) is 5.97 Å². The van der Waals surface area contributed by atoms with E-state index in [9.17, 15) is 4.79 Å². The minimum Gasteiger partial charge on any atom is -0.466 e. The predicted molar refractivity (Wildman–Crippen MR) is 106 cm³/mol. The van der Waals surface area contributed by atoms with Gasteiger partial charge in [0, 0.05) is 12.2 Å². The summed E-state index contributed by atoms with van der Waals surface area (Å²) >= 11 is 0. The third-order valence-corrected chi connectivity index (χ3v) is 4.19. The van der Waals surface area contributed by atoms with Crippen LogP contribution in [0.1, 0.15) is 18.1 Å². The van der Waals surface area contributed by atoms with Gasteiger partial charge in [-0.15, -0.1) is 0 Å². The van der Waals surface area contributed by atoms with E-state index in [1.807, 2.05) is 37.3 Å². The number of benzene rings is 3. The summed E-state index contributed by atoms with van der Waals surface area (Å²) in [6.07, 6.45) is 0.310. The number of carbonyl (C=O) groups excluding carboxylic acids is 1. The van der Waals surface area contributed by atoms with Gasteiger partial charge in [-0.25, -0.2) is 0 Å². The van der Waals surface area contributed by atoms with Gasteiger partial charge in [0.05, 0.1) is 13.0 Å². The topological polar surface area (TPSA) is 38.3 Å². The maximum atomic E-state index is 11.5. The zero-order valence-electron chi connectivity index (χ0n) is 14.9. The molecule has 0 aliphatic rings. The van der Waals surface area contributed by atoms with Crippen LogP contribution in [-0.2, 0) is 22.5 Å². The molecule has 0 unspecified atom stereocenters. The lowest BCUT2D eigenvalue weighted by Crippen LogP contribution is -2.07. The SMILES string of the molecule is CCOC(=O)Cc1ccc(NCc2ccccc2-c2ccccc2)cc1. The molecule has 3 aromatic carbocycles. The number of hydrogen-bond acceptors (Lipinski definition) is 3. The van der Waals surface area contributed by atoms with Crippen molar-refractivity contribution in [2.24, 2.45) is 0 Å². The smallest absolute Gasteiger partial charge is 0.310 e. The van der Waals surface area contributed by atoms with Gasteiger partial charge < -0.3 is 10.1 Å². The molecule has 0 spiro atoms. The van der Waals surface area contributed by atoms with Crippen LogP contribution in [0.2, 0.25) is 0 Å². The second kappa shape index (κ2) is 8.86. The molecule has 26 heavy (non-hydrogen) atoms. The van der Waals surface area contributed by atoms with Crippen LogP contribution in [0.4, 0.5) is 5.69 Å². The fourth-order valence-electron chi connectivity index (χ4n) is 2.89. The van der Waals surface area contributed by atoms with Gasteiger partial charge in [-0.1, -0.05) is 66.7 Å². The molecule has 132 valence electrons. The zero-order valence-corrected chi connectivity index (χ0v) is 14.9. The molecule has 0 bridgehead atoms. The van der Waals surface area contributed by atoms with Crippen molar-refractivity contribution < 1.29 is 9.53 Å². The second-order valence-electron chi connectivity index (χ2n) is 6.06. The van der Waals surface area contributed by atoms with Gasteiger partial charge in [0.25, 0.3) is 0 Å². The maximum absolute atomic E-state index is 11.5. The maximum Gasteiger partial charge on any atom is 0.310 e. The van der Waals surface area contributed by atoms with E-state index < -0.39 is 0 Å². The fourth-order valence-corrected chi connectivity index (χ4v) is 2.89. The Labute approximate surface area is 154 Å². The Kier molecular flexibility index (Phi) is 6.05. The highest BCUT2D eigenvalue weighted by Gasteiger charge is 2.06. The quantitative estimate of drug-likeness (QED) is 0.608. The summed E-state index contributed by atoms with van der Waals surface area (Å²) in [5.74, 6) is -0.190. The second-order valence-corrected chi connectivity index (χ2v) is 6.06. The van der Waals surface area contributed by atoms with E-state index in [0.717, 1.165) is 17.8 Å². The van der Waals surface area contributed by atoms with Crippen LogP contribution in [0.25, 0.3) is 11.1 Å². The molecular weight excluding hydrogens is 322 g/mol. The lowest BCUT2D eigenvalue weighted by Gasteiger charge is -2.12. The first-order valence-corrected chi connectivity index (χ1v) is 8.88. The normalized spacial score (nSPS) is 10.3. The lowest BCUT2D eigenvalue weighted by atomic mass is 10.00. The van der Waals surface area contributed by atoms with Crippen molar-refractivity contribution >= 4 is 11.7 Å². The van der Waals surface area contributed by atoms with Gasteiger partial charge in [-0.05, 0) is 41.3 Å².